The smallest absolute Gasteiger partial charge is 0.127 e. The average Bonchev–Trinajstić information content (AvgIpc) is 3.25. The first kappa shape index (κ1) is 27.8. The summed E-state index contributed by atoms with van der Waals surface area (Å²) in [5.74, 6) is 0. The molecule has 0 saturated heterocycles. The summed E-state index contributed by atoms with van der Waals surface area (Å²) < 4.78 is 0. The van der Waals surface area contributed by atoms with Gasteiger partial charge in [0.25, 0.3) is 0 Å². The SMILES string of the molecule is CCCCCCCCCCCCN1C=CN(CCCCCCCCCC)C1c1ccccc1. The van der Waals surface area contributed by atoms with Gasteiger partial charge in [0.05, 0.1) is 0 Å². The molecule has 2 nitrogen and oxygen atoms in total. The lowest BCUT2D eigenvalue weighted by Crippen LogP contribution is -2.32. The summed E-state index contributed by atoms with van der Waals surface area (Å²) >= 11 is 0. The molecule has 0 saturated carbocycles. The van der Waals surface area contributed by atoms with E-state index < -0.39 is 0 Å². The second-order valence-electron chi connectivity index (χ2n) is 10.2. The molecule has 0 radical (unpaired) electrons. The lowest BCUT2D eigenvalue weighted by Gasteiger charge is -2.33. The fourth-order valence-electron chi connectivity index (χ4n) is 5.14. The predicted octanol–water partition coefficient (Wildman–Crippen LogP) is 9.84. The van der Waals surface area contributed by atoms with E-state index in [2.05, 4.69) is 66.4 Å². The number of benzene rings is 1. The highest BCUT2D eigenvalue weighted by Crippen LogP contribution is 2.31. The number of nitrogens with zero attached hydrogens (tertiary/aromatic N) is 2. The largest absolute Gasteiger partial charge is 0.352 e. The summed E-state index contributed by atoms with van der Waals surface area (Å²) in [4.78, 5) is 5.17. The van der Waals surface area contributed by atoms with E-state index in [1.807, 2.05) is 0 Å². The predicted molar refractivity (Wildman–Crippen MR) is 146 cm³/mol. The van der Waals surface area contributed by atoms with Crippen LogP contribution in [-0.4, -0.2) is 22.9 Å². The van der Waals surface area contributed by atoms with Crippen LogP contribution in [-0.2, 0) is 0 Å². The van der Waals surface area contributed by atoms with Gasteiger partial charge in [0.15, 0.2) is 0 Å². The molecule has 188 valence electrons. The quantitative estimate of drug-likeness (QED) is 0.170. The van der Waals surface area contributed by atoms with Crippen molar-refractivity contribution in [1.29, 1.82) is 0 Å². The Morgan fingerprint density at radius 3 is 1.24 bits per heavy atom. The minimum Gasteiger partial charge on any atom is -0.352 e. The van der Waals surface area contributed by atoms with Crippen LogP contribution < -0.4 is 0 Å². The molecule has 0 fully saturated rings. The summed E-state index contributed by atoms with van der Waals surface area (Å²) in [6, 6.07) is 11.1. The Bertz CT molecular complexity index is 582. The Morgan fingerprint density at radius 1 is 0.485 bits per heavy atom. The van der Waals surface area contributed by atoms with Crippen LogP contribution >= 0.6 is 0 Å². The third kappa shape index (κ3) is 12.0. The molecule has 0 amide bonds. The molecular formula is C31H54N2. The molecule has 0 spiro atoms. The standard InChI is InChI=1S/C31H54N2/c1-3-5-7-9-11-13-14-16-18-23-27-33-29-28-32(31(33)30-24-20-19-21-25-30)26-22-17-15-12-10-8-6-4-2/h19-21,24-25,28-29,31H,3-18,22-23,26-27H2,1-2H3. The van der Waals surface area contributed by atoms with Crippen molar-refractivity contribution >= 4 is 0 Å². The Balaban J connectivity index is 1.65. The molecule has 2 rings (SSSR count). The van der Waals surface area contributed by atoms with Crippen LogP contribution in [0.15, 0.2) is 42.7 Å². The average molecular weight is 455 g/mol. The zero-order valence-electron chi connectivity index (χ0n) is 22.2. The summed E-state index contributed by atoms with van der Waals surface area (Å²) in [6.07, 6.45) is 30.3. The number of unbranched alkanes of at least 4 members (excludes halogenated alkanes) is 16. The minimum absolute atomic E-state index is 0.398. The molecule has 0 N–H and O–H groups in total. The molecule has 1 unspecified atom stereocenters. The molecule has 33 heavy (non-hydrogen) atoms. The molecule has 1 aliphatic heterocycles. The fraction of sp³-hybridized carbons (Fsp3) is 0.742. The molecule has 1 aliphatic rings. The van der Waals surface area contributed by atoms with E-state index >= 15 is 0 Å². The van der Waals surface area contributed by atoms with E-state index in [0.29, 0.717) is 6.17 Å². The lowest BCUT2D eigenvalue weighted by atomic mass is 10.1. The molecule has 1 atom stereocenters. The maximum absolute atomic E-state index is 2.59. The van der Waals surface area contributed by atoms with Crippen LogP contribution in [0.2, 0.25) is 0 Å². The van der Waals surface area contributed by atoms with Crippen molar-refractivity contribution in [2.24, 2.45) is 0 Å². The van der Waals surface area contributed by atoms with Crippen LogP contribution in [0.1, 0.15) is 141 Å². The molecular weight excluding hydrogens is 400 g/mol. The molecule has 0 bridgehead atoms. The highest BCUT2D eigenvalue weighted by Gasteiger charge is 2.26. The summed E-state index contributed by atoms with van der Waals surface area (Å²) in [7, 11) is 0. The van der Waals surface area contributed by atoms with E-state index in [0.717, 1.165) is 0 Å². The third-order valence-electron chi connectivity index (χ3n) is 7.22. The first-order valence-corrected chi connectivity index (χ1v) is 14.6. The van der Waals surface area contributed by atoms with Crippen molar-refractivity contribution in [2.45, 2.75) is 136 Å². The van der Waals surface area contributed by atoms with Gasteiger partial charge in [-0.15, -0.1) is 0 Å². The number of rotatable bonds is 21. The van der Waals surface area contributed by atoms with E-state index in [1.165, 1.54) is 134 Å². The molecule has 1 aromatic carbocycles. The Kier molecular flexibility index (Phi) is 15.9. The summed E-state index contributed by atoms with van der Waals surface area (Å²) in [5.41, 5.74) is 1.44. The van der Waals surface area contributed by atoms with Crippen LogP contribution in [0.5, 0.6) is 0 Å². The summed E-state index contributed by atoms with van der Waals surface area (Å²) in [5, 5.41) is 0. The normalized spacial score (nSPS) is 15.6. The molecule has 0 aliphatic carbocycles. The third-order valence-corrected chi connectivity index (χ3v) is 7.22. The van der Waals surface area contributed by atoms with Gasteiger partial charge in [-0.2, -0.15) is 0 Å². The Labute approximate surface area is 206 Å². The molecule has 1 heterocycles. The molecule has 0 aromatic heterocycles. The van der Waals surface area contributed by atoms with Gasteiger partial charge in [-0.3, -0.25) is 0 Å². The van der Waals surface area contributed by atoms with E-state index in [-0.39, 0.29) is 0 Å². The van der Waals surface area contributed by atoms with Gasteiger partial charge in [-0.05, 0) is 18.4 Å². The second-order valence-corrected chi connectivity index (χ2v) is 10.2. The maximum atomic E-state index is 2.59. The lowest BCUT2D eigenvalue weighted by molar-refractivity contribution is 0.149. The monoisotopic (exact) mass is 454 g/mol. The van der Waals surface area contributed by atoms with Gasteiger partial charge in [0.1, 0.15) is 6.17 Å². The van der Waals surface area contributed by atoms with Crippen molar-refractivity contribution < 1.29 is 0 Å². The van der Waals surface area contributed by atoms with E-state index in [4.69, 9.17) is 0 Å². The zero-order chi connectivity index (χ0) is 23.4. The van der Waals surface area contributed by atoms with Crippen molar-refractivity contribution in [3.8, 4) is 0 Å². The van der Waals surface area contributed by atoms with E-state index in [1.54, 1.807) is 0 Å². The maximum Gasteiger partial charge on any atom is 0.127 e. The Hall–Kier alpha value is -1.44. The van der Waals surface area contributed by atoms with Crippen molar-refractivity contribution in [1.82, 2.24) is 9.80 Å². The highest BCUT2D eigenvalue weighted by molar-refractivity contribution is 5.21. The first-order valence-electron chi connectivity index (χ1n) is 14.6. The second kappa shape index (κ2) is 18.9. The minimum atomic E-state index is 0.398. The first-order chi connectivity index (χ1) is 16.4. The van der Waals surface area contributed by atoms with Gasteiger partial charge < -0.3 is 9.80 Å². The summed E-state index contributed by atoms with van der Waals surface area (Å²) in [6.45, 7) is 6.96. The molecule has 1 aromatic rings. The fourth-order valence-corrected chi connectivity index (χ4v) is 5.14. The van der Waals surface area contributed by atoms with Crippen molar-refractivity contribution in [3.63, 3.8) is 0 Å². The topological polar surface area (TPSA) is 6.48 Å². The van der Waals surface area contributed by atoms with Gasteiger partial charge in [-0.25, -0.2) is 0 Å². The Morgan fingerprint density at radius 2 is 0.848 bits per heavy atom. The van der Waals surface area contributed by atoms with Crippen LogP contribution in [0.3, 0.4) is 0 Å². The molecule has 2 heteroatoms. The van der Waals surface area contributed by atoms with Crippen molar-refractivity contribution in [2.75, 3.05) is 13.1 Å². The number of hydrogen-bond acceptors (Lipinski definition) is 2. The van der Waals surface area contributed by atoms with Crippen molar-refractivity contribution in [3.05, 3.63) is 48.3 Å². The van der Waals surface area contributed by atoms with Gasteiger partial charge >= 0.3 is 0 Å². The van der Waals surface area contributed by atoms with Gasteiger partial charge in [0, 0.05) is 25.5 Å². The number of hydrogen-bond donors (Lipinski definition) is 0. The van der Waals surface area contributed by atoms with Crippen LogP contribution in [0, 0.1) is 0 Å². The van der Waals surface area contributed by atoms with Gasteiger partial charge in [0.2, 0.25) is 0 Å². The van der Waals surface area contributed by atoms with E-state index in [9.17, 15) is 0 Å². The van der Waals surface area contributed by atoms with Crippen LogP contribution in [0.25, 0.3) is 0 Å². The van der Waals surface area contributed by atoms with Crippen LogP contribution in [0.4, 0.5) is 0 Å². The van der Waals surface area contributed by atoms with Gasteiger partial charge in [-0.1, -0.05) is 147 Å². The zero-order valence-corrected chi connectivity index (χ0v) is 22.2. The highest BCUT2D eigenvalue weighted by atomic mass is 15.4.